The summed E-state index contributed by atoms with van der Waals surface area (Å²) >= 11 is 7.53. The van der Waals surface area contributed by atoms with Crippen molar-refractivity contribution in [1.82, 2.24) is 0 Å². The second-order valence-corrected chi connectivity index (χ2v) is 10.1. The van der Waals surface area contributed by atoms with Crippen LogP contribution in [0.5, 0.6) is 0 Å². The van der Waals surface area contributed by atoms with Gasteiger partial charge in [0, 0.05) is 16.4 Å². The van der Waals surface area contributed by atoms with Gasteiger partial charge in [-0.25, -0.2) is 0 Å². The Balaban J connectivity index is 1.72. The first-order chi connectivity index (χ1) is 16.8. The molecule has 0 bridgehead atoms. The highest BCUT2D eigenvalue weighted by Crippen LogP contribution is 2.42. The molecule has 2 amide bonds. The molecule has 1 saturated heterocycles. The van der Waals surface area contributed by atoms with Crippen LogP contribution in [0, 0.1) is 32.1 Å². The average Bonchev–Trinajstić information content (AvgIpc) is 3.14. The number of halogens is 1. The van der Waals surface area contributed by atoms with Crippen LogP contribution in [0.15, 0.2) is 77.3 Å². The third kappa shape index (κ3) is 5.43. The van der Waals surface area contributed by atoms with Gasteiger partial charge in [0.2, 0.25) is 5.91 Å². The highest BCUT2D eigenvalue weighted by atomic mass is 35.5. The molecule has 4 rings (SSSR count). The molecule has 0 aromatic heterocycles. The van der Waals surface area contributed by atoms with Crippen molar-refractivity contribution >= 4 is 46.6 Å². The van der Waals surface area contributed by atoms with Gasteiger partial charge in [0.1, 0.15) is 16.7 Å². The number of hydrogen-bond acceptors (Lipinski definition) is 4. The Bertz CT molecular complexity index is 1360. The van der Waals surface area contributed by atoms with Crippen LogP contribution in [0.2, 0.25) is 5.02 Å². The standard InChI is InChI=1S/C28H24ClN3O2S/c1-17-4-10-21(11-5-17)31-26(33)23(16-30)28-32(22-12-6-18(2)7-13-22)27(34)25(35-28)15-20-9-8-19(3)24(29)14-20/h4-14,25H,15H2,1-3H3,(H,31,33)/b28-23-/t25-/m0/s1. The van der Waals surface area contributed by atoms with Crippen molar-refractivity contribution in [2.75, 3.05) is 10.2 Å². The second kappa shape index (κ2) is 10.4. The van der Waals surface area contributed by atoms with E-state index in [2.05, 4.69) is 5.32 Å². The summed E-state index contributed by atoms with van der Waals surface area (Å²) in [5, 5.41) is 13.2. The highest BCUT2D eigenvalue weighted by Gasteiger charge is 2.40. The molecule has 0 radical (unpaired) electrons. The molecule has 3 aromatic rings. The fourth-order valence-corrected chi connectivity index (χ4v) is 5.24. The number of nitriles is 1. The van der Waals surface area contributed by atoms with E-state index in [0.29, 0.717) is 27.8 Å². The summed E-state index contributed by atoms with van der Waals surface area (Å²) in [7, 11) is 0. The maximum Gasteiger partial charge on any atom is 0.269 e. The van der Waals surface area contributed by atoms with Crippen molar-refractivity contribution in [2.24, 2.45) is 0 Å². The lowest BCUT2D eigenvalue weighted by Crippen LogP contribution is -2.30. The summed E-state index contributed by atoms with van der Waals surface area (Å²) in [6.45, 7) is 5.84. The molecule has 35 heavy (non-hydrogen) atoms. The first-order valence-corrected chi connectivity index (χ1v) is 12.4. The van der Waals surface area contributed by atoms with Gasteiger partial charge in [-0.3, -0.25) is 14.5 Å². The van der Waals surface area contributed by atoms with Gasteiger partial charge < -0.3 is 5.32 Å². The van der Waals surface area contributed by atoms with Crippen molar-refractivity contribution in [1.29, 1.82) is 5.26 Å². The molecule has 1 atom stereocenters. The Morgan fingerprint density at radius 3 is 2.26 bits per heavy atom. The number of benzene rings is 3. The minimum absolute atomic E-state index is 0.103. The van der Waals surface area contributed by atoms with Gasteiger partial charge in [0.15, 0.2) is 0 Å². The number of nitrogens with one attached hydrogen (secondary N) is 1. The third-order valence-electron chi connectivity index (χ3n) is 5.76. The molecular formula is C28H24ClN3O2S. The minimum Gasteiger partial charge on any atom is -0.321 e. The number of aryl methyl sites for hydroxylation is 3. The van der Waals surface area contributed by atoms with E-state index in [1.54, 1.807) is 12.1 Å². The molecular weight excluding hydrogens is 478 g/mol. The highest BCUT2D eigenvalue weighted by molar-refractivity contribution is 8.05. The molecule has 0 unspecified atom stereocenters. The molecule has 1 heterocycles. The van der Waals surface area contributed by atoms with Gasteiger partial charge in [0.05, 0.1) is 5.25 Å². The van der Waals surface area contributed by atoms with Crippen molar-refractivity contribution in [3.63, 3.8) is 0 Å². The van der Waals surface area contributed by atoms with Crippen molar-refractivity contribution in [3.05, 3.63) is 105 Å². The van der Waals surface area contributed by atoms with Gasteiger partial charge in [-0.15, -0.1) is 0 Å². The van der Waals surface area contributed by atoms with Crippen molar-refractivity contribution in [3.8, 4) is 6.07 Å². The first kappa shape index (κ1) is 24.6. The monoisotopic (exact) mass is 501 g/mol. The van der Waals surface area contributed by atoms with Gasteiger partial charge in [0.25, 0.3) is 5.91 Å². The van der Waals surface area contributed by atoms with E-state index in [1.807, 2.05) is 81.4 Å². The molecule has 0 aliphatic carbocycles. The number of nitrogens with zero attached hydrogens (tertiary/aromatic N) is 2. The number of rotatable bonds is 5. The van der Waals surface area contributed by atoms with Crippen LogP contribution < -0.4 is 10.2 Å². The zero-order chi connectivity index (χ0) is 25.1. The number of thioether (sulfide) groups is 1. The van der Waals surface area contributed by atoms with Crippen molar-refractivity contribution < 1.29 is 9.59 Å². The molecule has 1 aliphatic rings. The molecule has 1 N–H and O–H groups in total. The fourth-order valence-electron chi connectivity index (χ4n) is 3.72. The summed E-state index contributed by atoms with van der Waals surface area (Å²) in [6.07, 6.45) is 0.424. The van der Waals surface area contributed by atoms with E-state index in [0.717, 1.165) is 22.3 Å². The van der Waals surface area contributed by atoms with E-state index >= 15 is 0 Å². The van der Waals surface area contributed by atoms with Gasteiger partial charge in [-0.2, -0.15) is 5.26 Å². The van der Waals surface area contributed by atoms with E-state index in [1.165, 1.54) is 16.7 Å². The Morgan fingerprint density at radius 1 is 1.03 bits per heavy atom. The minimum atomic E-state index is -0.553. The number of hydrogen-bond donors (Lipinski definition) is 1. The number of amides is 2. The number of anilines is 2. The average molecular weight is 502 g/mol. The smallest absolute Gasteiger partial charge is 0.269 e. The van der Waals surface area contributed by atoms with Gasteiger partial charge in [-0.05, 0) is 68.7 Å². The summed E-state index contributed by atoms with van der Waals surface area (Å²) in [5.74, 6) is -0.732. The van der Waals surface area contributed by atoms with Crippen LogP contribution in [-0.2, 0) is 16.0 Å². The Hall–Kier alpha value is -3.53. The van der Waals surface area contributed by atoms with E-state index in [9.17, 15) is 14.9 Å². The zero-order valence-electron chi connectivity index (χ0n) is 19.6. The van der Waals surface area contributed by atoms with Crippen LogP contribution in [0.25, 0.3) is 0 Å². The quantitative estimate of drug-likeness (QED) is 0.327. The van der Waals surface area contributed by atoms with Gasteiger partial charge >= 0.3 is 0 Å². The van der Waals surface area contributed by atoms with Crippen LogP contribution >= 0.6 is 23.4 Å². The van der Waals surface area contributed by atoms with E-state index in [-0.39, 0.29) is 11.5 Å². The third-order valence-corrected chi connectivity index (χ3v) is 7.43. The summed E-state index contributed by atoms with van der Waals surface area (Å²) in [6, 6.07) is 22.5. The lowest BCUT2D eigenvalue weighted by molar-refractivity contribution is -0.117. The van der Waals surface area contributed by atoms with Gasteiger partial charge in [-0.1, -0.05) is 70.9 Å². The number of carbonyl (C=O) groups excluding carboxylic acids is 2. The summed E-state index contributed by atoms with van der Waals surface area (Å²) in [4.78, 5) is 28.2. The Morgan fingerprint density at radius 2 is 1.66 bits per heavy atom. The Kier molecular flexibility index (Phi) is 7.30. The number of carbonyl (C=O) groups is 2. The molecule has 0 saturated carbocycles. The Labute approximate surface area is 214 Å². The molecule has 7 heteroatoms. The van der Waals surface area contributed by atoms with Crippen molar-refractivity contribution in [2.45, 2.75) is 32.4 Å². The second-order valence-electron chi connectivity index (χ2n) is 8.52. The maximum absolute atomic E-state index is 13.6. The topological polar surface area (TPSA) is 73.2 Å². The van der Waals surface area contributed by atoms with Crippen LogP contribution in [0.4, 0.5) is 11.4 Å². The molecule has 5 nitrogen and oxygen atoms in total. The summed E-state index contributed by atoms with van der Waals surface area (Å²) in [5.41, 5.74) is 5.07. The lowest BCUT2D eigenvalue weighted by atomic mass is 10.1. The predicted molar refractivity (Wildman–Crippen MR) is 142 cm³/mol. The molecule has 176 valence electrons. The van der Waals surface area contributed by atoms with Crippen LogP contribution in [-0.4, -0.2) is 17.1 Å². The summed E-state index contributed by atoms with van der Waals surface area (Å²) < 4.78 is 0. The molecule has 1 aliphatic heterocycles. The largest absolute Gasteiger partial charge is 0.321 e. The van der Waals surface area contributed by atoms with E-state index in [4.69, 9.17) is 11.6 Å². The van der Waals surface area contributed by atoms with Crippen LogP contribution in [0.1, 0.15) is 22.3 Å². The van der Waals surface area contributed by atoms with Crippen LogP contribution in [0.3, 0.4) is 0 Å². The first-order valence-electron chi connectivity index (χ1n) is 11.1. The van der Waals surface area contributed by atoms with E-state index < -0.39 is 11.2 Å². The normalized spacial score (nSPS) is 16.7. The SMILES string of the molecule is Cc1ccc(NC(=O)/C(C#N)=C2\S[C@@H](Cc3ccc(C)c(Cl)c3)C(=O)N2c2ccc(C)cc2)cc1. The zero-order valence-corrected chi connectivity index (χ0v) is 21.2. The molecule has 1 fully saturated rings. The maximum atomic E-state index is 13.6. The molecule has 0 spiro atoms. The molecule has 3 aromatic carbocycles. The fraction of sp³-hybridized carbons (Fsp3) is 0.179. The predicted octanol–water partition coefficient (Wildman–Crippen LogP) is 6.33. The lowest BCUT2D eigenvalue weighted by Gasteiger charge is -2.19.